The summed E-state index contributed by atoms with van der Waals surface area (Å²) in [6.07, 6.45) is 1.84. The van der Waals surface area contributed by atoms with Crippen LogP contribution in [0.3, 0.4) is 0 Å². The predicted octanol–water partition coefficient (Wildman–Crippen LogP) is 4.54. The Morgan fingerprint density at radius 3 is 2.18 bits per heavy atom. The maximum absolute atomic E-state index is 13.6. The highest BCUT2D eigenvalue weighted by Gasteiger charge is 2.31. The second-order valence-electron chi connectivity index (χ2n) is 8.31. The summed E-state index contributed by atoms with van der Waals surface area (Å²) < 4.78 is 12.8. The number of pyridine rings is 1. The normalized spacial score (nSPS) is 15.8. The molecule has 1 aromatic heterocycles. The van der Waals surface area contributed by atoms with Gasteiger partial charge in [-0.1, -0.05) is 30.3 Å². The molecule has 4 aromatic rings. The van der Waals surface area contributed by atoms with Crippen molar-refractivity contribution < 1.29 is 14.3 Å². The molecule has 2 heterocycles. The molecule has 168 valence electrons. The highest BCUT2D eigenvalue weighted by molar-refractivity contribution is 5.95. The van der Waals surface area contributed by atoms with E-state index in [0.29, 0.717) is 28.8 Å². The van der Waals surface area contributed by atoms with E-state index in [2.05, 4.69) is 0 Å². The summed E-state index contributed by atoms with van der Waals surface area (Å²) in [6, 6.07) is 20.8. The minimum absolute atomic E-state index is 0.00530. The van der Waals surface area contributed by atoms with Crippen LogP contribution >= 0.6 is 0 Å². The largest absolute Gasteiger partial charge is 0.493 e. The fourth-order valence-electron chi connectivity index (χ4n) is 4.95. The molecule has 1 fully saturated rings. The van der Waals surface area contributed by atoms with E-state index in [1.807, 2.05) is 76.2 Å². The summed E-state index contributed by atoms with van der Waals surface area (Å²) in [4.78, 5) is 28.6. The van der Waals surface area contributed by atoms with Crippen molar-refractivity contribution in [3.63, 3.8) is 0 Å². The number of para-hydroxylation sites is 2. The van der Waals surface area contributed by atoms with Gasteiger partial charge in [0.2, 0.25) is 5.91 Å². The molecule has 6 heteroatoms. The van der Waals surface area contributed by atoms with Crippen LogP contribution in [0, 0.1) is 0 Å². The molecule has 0 spiro atoms. The number of nitrogens with zero attached hydrogens (tertiary/aromatic N) is 2. The molecule has 0 bridgehead atoms. The average molecular weight is 443 g/mol. The van der Waals surface area contributed by atoms with Gasteiger partial charge in [0.15, 0.2) is 16.9 Å². The number of carbonyl (C=O) groups excluding carboxylic acids is 1. The lowest BCUT2D eigenvalue weighted by atomic mass is 10.0. The Morgan fingerprint density at radius 2 is 1.55 bits per heavy atom. The number of benzene rings is 3. The number of amides is 1. The van der Waals surface area contributed by atoms with Crippen LogP contribution in [0.15, 0.2) is 71.5 Å². The summed E-state index contributed by atoms with van der Waals surface area (Å²) in [5.74, 6) is 1.36. The molecule has 33 heavy (non-hydrogen) atoms. The fourth-order valence-corrected chi connectivity index (χ4v) is 4.95. The van der Waals surface area contributed by atoms with Gasteiger partial charge in [0.25, 0.3) is 0 Å². The Hall–Kier alpha value is -3.80. The van der Waals surface area contributed by atoms with E-state index < -0.39 is 0 Å². The van der Waals surface area contributed by atoms with Gasteiger partial charge in [0, 0.05) is 17.3 Å². The smallest absolute Gasteiger partial charge is 0.243 e. The van der Waals surface area contributed by atoms with Gasteiger partial charge >= 0.3 is 0 Å². The maximum Gasteiger partial charge on any atom is 0.243 e. The van der Waals surface area contributed by atoms with Crippen LogP contribution in [-0.4, -0.2) is 36.1 Å². The van der Waals surface area contributed by atoms with E-state index >= 15 is 0 Å². The Labute approximate surface area is 192 Å². The third-order valence-corrected chi connectivity index (χ3v) is 6.54. The molecule has 3 aromatic carbocycles. The van der Waals surface area contributed by atoms with Gasteiger partial charge in [-0.15, -0.1) is 0 Å². The van der Waals surface area contributed by atoms with Gasteiger partial charge in [-0.25, -0.2) is 0 Å². The van der Waals surface area contributed by atoms with E-state index in [1.54, 1.807) is 14.2 Å². The zero-order valence-corrected chi connectivity index (χ0v) is 18.8. The van der Waals surface area contributed by atoms with Gasteiger partial charge in [-0.3, -0.25) is 9.59 Å². The van der Waals surface area contributed by atoms with Crippen molar-refractivity contribution in [2.24, 2.45) is 0 Å². The van der Waals surface area contributed by atoms with Crippen molar-refractivity contribution in [3.8, 4) is 11.5 Å². The number of hydrogen-bond donors (Lipinski definition) is 0. The van der Waals surface area contributed by atoms with Gasteiger partial charge in [0.1, 0.15) is 6.54 Å². The minimum atomic E-state index is -0.0192. The van der Waals surface area contributed by atoms with Crippen LogP contribution in [-0.2, 0) is 11.3 Å². The van der Waals surface area contributed by atoms with Crippen molar-refractivity contribution in [1.29, 1.82) is 0 Å². The number of hydrogen-bond acceptors (Lipinski definition) is 4. The van der Waals surface area contributed by atoms with Crippen LogP contribution in [0.25, 0.3) is 21.8 Å². The van der Waals surface area contributed by atoms with Gasteiger partial charge in [-0.05, 0) is 54.8 Å². The molecule has 5 rings (SSSR count). The van der Waals surface area contributed by atoms with Crippen molar-refractivity contribution in [2.45, 2.75) is 25.4 Å². The number of aromatic nitrogens is 1. The van der Waals surface area contributed by atoms with Crippen LogP contribution in [0.1, 0.15) is 24.4 Å². The van der Waals surface area contributed by atoms with E-state index in [4.69, 9.17) is 9.47 Å². The first-order valence-electron chi connectivity index (χ1n) is 11.1. The van der Waals surface area contributed by atoms with E-state index in [0.717, 1.165) is 29.4 Å². The zero-order chi connectivity index (χ0) is 22.9. The third kappa shape index (κ3) is 3.61. The Balaban J connectivity index is 1.53. The van der Waals surface area contributed by atoms with Crippen LogP contribution in [0.2, 0.25) is 0 Å². The highest BCUT2D eigenvalue weighted by atomic mass is 16.5. The number of methoxy groups -OCH3 is 2. The first-order valence-corrected chi connectivity index (χ1v) is 11.1. The fraction of sp³-hybridized carbons (Fsp3) is 0.259. The first-order chi connectivity index (χ1) is 16.1. The topological polar surface area (TPSA) is 60.8 Å². The highest BCUT2D eigenvalue weighted by Crippen LogP contribution is 2.37. The third-order valence-electron chi connectivity index (χ3n) is 6.54. The van der Waals surface area contributed by atoms with Crippen molar-refractivity contribution in [2.75, 3.05) is 20.8 Å². The summed E-state index contributed by atoms with van der Waals surface area (Å²) >= 11 is 0. The Morgan fingerprint density at radius 1 is 0.909 bits per heavy atom. The van der Waals surface area contributed by atoms with Crippen molar-refractivity contribution >= 4 is 27.7 Å². The molecule has 1 aliphatic rings. The van der Waals surface area contributed by atoms with Crippen LogP contribution in [0.4, 0.5) is 0 Å². The number of likely N-dealkylation sites (tertiary alicyclic amines) is 1. The number of rotatable bonds is 5. The molecule has 1 unspecified atom stereocenters. The van der Waals surface area contributed by atoms with E-state index in [-0.39, 0.29) is 23.9 Å². The summed E-state index contributed by atoms with van der Waals surface area (Å²) in [6.45, 7) is 0.874. The maximum atomic E-state index is 13.6. The van der Waals surface area contributed by atoms with Crippen LogP contribution in [0.5, 0.6) is 11.5 Å². The molecule has 1 saturated heterocycles. The molecule has 0 N–H and O–H groups in total. The zero-order valence-electron chi connectivity index (χ0n) is 18.8. The second kappa shape index (κ2) is 8.62. The molecular formula is C27H26N2O4. The molecule has 1 aliphatic heterocycles. The standard InChI is InChI=1S/C27H26N2O4/c1-32-24-14-13-18(16-25(24)33-2)21-12-7-15-28(21)26(30)17-29-22-10-5-3-8-19(22)27(31)20-9-4-6-11-23(20)29/h3-6,8-11,13-14,16,21H,7,12,15,17H2,1-2H3. The predicted molar refractivity (Wildman–Crippen MR) is 129 cm³/mol. The van der Waals surface area contributed by atoms with Gasteiger partial charge < -0.3 is 18.9 Å². The monoisotopic (exact) mass is 442 g/mol. The lowest BCUT2D eigenvalue weighted by Crippen LogP contribution is -2.34. The van der Waals surface area contributed by atoms with Gasteiger partial charge in [-0.2, -0.15) is 0 Å². The lowest BCUT2D eigenvalue weighted by molar-refractivity contribution is -0.132. The number of carbonyl (C=O) groups is 1. The quantitative estimate of drug-likeness (QED) is 0.426. The molecule has 0 saturated carbocycles. The van der Waals surface area contributed by atoms with Gasteiger partial charge in [0.05, 0.1) is 31.3 Å². The summed E-state index contributed by atoms with van der Waals surface area (Å²) in [5, 5.41) is 1.25. The first kappa shape index (κ1) is 21.1. The molecule has 6 nitrogen and oxygen atoms in total. The van der Waals surface area contributed by atoms with E-state index in [9.17, 15) is 9.59 Å². The van der Waals surface area contributed by atoms with Crippen molar-refractivity contribution in [1.82, 2.24) is 9.47 Å². The minimum Gasteiger partial charge on any atom is -0.493 e. The molecule has 1 amide bonds. The molecular weight excluding hydrogens is 416 g/mol. The summed E-state index contributed by atoms with van der Waals surface area (Å²) in [7, 11) is 3.23. The number of fused-ring (bicyclic) bond motifs is 2. The molecule has 1 atom stereocenters. The van der Waals surface area contributed by atoms with Crippen molar-refractivity contribution in [3.05, 3.63) is 82.5 Å². The Kier molecular flexibility index (Phi) is 5.50. The molecule has 0 aliphatic carbocycles. The second-order valence-corrected chi connectivity index (χ2v) is 8.31. The Bertz CT molecular complexity index is 1350. The SMILES string of the molecule is COc1ccc(C2CCCN2C(=O)Cn2c3ccccc3c(=O)c3ccccc32)cc1OC. The van der Waals surface area contributed by atoms with E-state index in [1.165, 1.54) is 0 Å². The summed E-state index contributed by atoms with van der Waals surface area (Å²) in [5.41, 5.74) is 2.58. The lowest BCUT2D eigenvalue weighted by Gasteiger charge is -2.27. The number of ether oxygens (including phenoxy) is 2. The van der Waals surface area contributed by atoms with Crippen LogP contribution < -0.4 is 14.9 Å². The average Bonchev–Trinajstić information content (AvgIpc) is 3.36. The molecule has 0 radical (unpaired) electrons.